The molecule has 0 unspecified atom stereocenters. The molecular formula is C34H37FO3. The number of aryl methyl sites for hydroxylation is 2. The van der Waals surface area contributed by atoms with Crippen molar-refractivity contribution in [2.75, 3.05) is 0 Å². The molecule has 0 amide bonds. The molecule has 4 atom stereocenters. The number of hydrogen-bond donors (Lipinski definition) is 1. The minimum absolute atomic E-state index is 0.156. The fraction of sp³-hybridized carbons (Fsp3) is 0.441. The van der Waals surface area contributed by atoms with Gasteiger partial charge in [0.05, 0.1) is 5.92 Å². The number of carboxylic acid groups (broad SMARTS) is 1. The molecule has 0 heterocycles. The van der Waals surface area contributed by atoms with Crippen LogP contribution >= 0.6 is 0 Å². The molecular weight excluding hydrogens is 475 g/mol. The second-order valence-corrected chi connectivity index (χ2v) is 12.6. The third-order valence-electron chi connectivity index (χ3n) is 9.98. The number of rotatable bonds is 6. The molecule has 0 bridgehead atoms. The SMILES string of the molecule is Cc1ccc(F)c(-c2ccc(COc3ccc4c(c3)[C@@]3(CC4)[C@H](C(=O)O)[C@@H]3C)cc2[C@@H]2CCCC2(C)C)c1. The average molecular weight is 513 g/mol. The number of benzene rings is 3. The molecule has 0 aromatic heterocycles. The molecule has 0 aliphatic heterocycles. The van der Waals surface area contributed by atoms with Crippen LogP contribution in [-0.4, -0.2) is 11.1 Å². The minimum Gasteiger partial charge on any atom is -0.489 e. The minimum atomic E-state index is -0.691. The van der Waals surface area contributed by atoms with Crippen molar-refractivity contribution in [3.05, 3.63) is 88.2 Å². The van der Waals surface area contributed by atoms with Crippen molar-refractivity contribution in [3.63, 3.8) is 0 Å². The zero-order chi connectivity index (χ0) is 26.8. The molecule has 0 radical (unpaired) electrons. The van der Waals surface area contributed by atoms with Gasteiger partial charge in [0.25, 0.3) is 0 Å². The van der Waals surface area contributed by atoms with Crippen LogP contribution in [0.25, 0.3) is 11.1 Å². The summed E-state index contributed by atoms with van der Waals surface area (Å²) in [7, 11) is 0. The Labute approximate surface area is 225 Å². The molecule has 4 heteroatoms. The summed E-state index contributed by atoms with van der Waals surface area (Å²) in [5.74, 6) is 0.127. The summed E-state index contributed by atoms with van der Waals surface area (Å²) in [4.78, 5) is 11.8. The Bertz CT molecular complexity index is 1420. The van der Waals surface area contributed by atoms with Gasteiger partial charge in [-0.15, -0.1) is 0 Å². The summed E-state index contributed by atoms with van der Waals surface area (Å²) >= 11 is 0. The van der Waals surface area contributed by atoms with E-state index in [0.717, 1.165) is 47.3 Å². The predicted molar refractivity (Wildman–Crippen MR) is 148 cm³/mol. The van der Waals surface area contributed by atoms with Crippen LogP contribution < -0.4 is 4.74 Å². The average Bonchev–Trinajstić information content (AvgIpc) is 3.11. The smallest absolute Gasteiger partial charge is 0.307 e. The lowest BCUT2D eigenvalue weighted by Gasteiger charge is -2.30. The highest BCUT2D eigenvalue weighted by Gasteiger charge is 2.68. The number of carboxylic acids is 1. The molecule has 3 aromatic rings. The molecule has 1 N–H and O–H groups in total. The van der Waals surface area contributed by atoms with E-state index in [-0.39, 0.29) is 28.5 Å². The lowest BCUT2D eigenvalue weighted by atomic mass is 9.75. The van der Waals surface area contributed by atoms with Crippen molar-refractivity contribution in [2.45, 2.75) is 77.7 Å². The number of fused-ring (bicyclic) bond motifs is 2. The molecule has 3 aliphatic rings. The molecule has 6 rings (SSSR count). The number of halogens is 1. The van der Waals surface area contributed by atoms with Crippen LogP contribution in [0.3, 0.4) is 0 Å². The molecule has 0 saturated heterocycles. The van der Waals surface area contributed by atoms with E-state index in [2.05, 4.69) is 51.1 Å². The quantitative estimate of drug-likeness (QED) is 0.362. The highest BCUT2D eigenvalue weighted by molar-refractivity contribution is 5.79. The van der Waals surface area contributed by atoms with Crippen LogP contribution in [0.2, 0.25) is 0 Å². The maximum Gasteiger partial charge on any atom is 0.307 e. The Kier molecular flexibility index (Phi) is 5.93. The third-order valence-corrected chi connectivity index (χ3v) is 9.98. The molecule has 3 aromatic carbocycles. The van der Waals surface area contributed by atoms with Gasteiger partial charge >= 0.3 is 5.97 Å². The first kappa shape index (κ1) is 25.2. The first-order valence-electron chi connectivity index (χ1n) is 14.0. The zero-order valence-corrected chi connectivity index (χ0v) is 22.8. The lowest BCUT2D eigenvalue weighted by Crippen LogP contribution is -2.17. The van der Waals surface area contributed by atoms with Gasteiger partial charge in [0.15, 0.2) is 0 Å². The van der Waals surface area contributed by atoms with Gasteiger partial charge in [0, 0.05) is 11.0 Å². The van der Waals surface area contributed by atoms with Crippen molar-refractivity contribution < 1.29 is 19.0 Å². The monoisotopic (exact) mass is 512 g/mol. The Balaban J connectivity index is 1.30. The largest absolute Gasteiger partial charge is 0.489 e. The van der Waals surface area contributed by atoms with Gasteiger partial charge in [-0.2, -0.15) is 0 Å². The van der Waals surface area contributed by atoms with Crippen molar-refractivity contribution >= 4 is 5.97 Å². The Morgan fingerprint density at radius 1 is 1.05 bits per heavy atom. The van der Waals surface area contributed by atoms with E-state index in [1.807, 2.05) is 25.1 Å². The summed E-state index contributed by atoms with van der Waals surface area (Å²) < 4.78 is 21.3. The summed E-state index contributed by atoms with van der Waals surface area (Å²) in [6.45, 7) is 9.14. The maximum atomic E-state index is 15.0. The van der Waals surface area contributed by atoms with E-state index >= 15 is 4.39 Å². The standard InChI is InChI=1S/C34H37FO3/c1-20-7-12-30(35)27(16-20)25-11-8-22(17-26(25)28-6-5-14-33(28,3)4)19-38-24-10-9-23-13-15-34(29(23)18-24)21(2)31(34)32(36)37/h7-12,16-18,21,28,31H,5-6,13-15,19H2,1-4H3,(H,36,37)/t21-,28-,31-,34-/m0/s1. The molecule has 2 fully saturated rings. The molecule has 38 heavy (non-hydrogen) atoms. The fourth-order valence-corrected chi connectivity index (χ4v) is 7.78. The first-order valence-corrected chi connectivity index (χ1v) is 14.0. The summed E-state index contributed by atoms with van der Waals surface area (Å²) in [5.41, 5.74) is 7.32. The number of carbonyl (C=O) groups is 1. The zero-order valence-electron chi connectivity index (χ0n) is 22.8. The second-order valence-electron chi connectivity index (χ2n) is 12.6. The van der Waals surface area contributed by atoms with Crippen LogP contribution in [0.1, 0.15) is 80.2 Å². The van der Waals surface area contributed by atoms with Crippen LogP contribution in [0.4, 0.5) is 4.39 Å². The first-order chi connectivity index (χ1) is 18.1. The van der Waals surface area contributed by atoms with Gasteiger partial charge in [-0.3, -0.25) is 4.79 Å². The number of hydrogen-bond acceptors (Lipinski definition) is 2. The summed E-state index contributed by atoms with van der Waals surface area (Å²) in [6, 6.07) is 17.9. The van der Waals surface area contributed by atoms with Gasteiger partial charge in [-0.1, -0.05) is 63.1 Å². The Hall–Kier alpha value is -3.14. The van der Waals surface area contributed by atoms with Gasteiger partial charge in [0.1, 0.15) is 18.2 Å². The van der Waals surface area contributed by atoms with E-state index in [0.29, 0.717) is 18.1 Å². The van der Waals surface area contributed by atoms with E-state index in [1.165, 1.54) is 24.0 Å². The summed E-state index contributed by atoms with van der Waals surface area (Å²) in [5, 5.41) is 9.73. The van der Waals surface area contributed by atoms with Crippen LogP contribution in [-0.2, 0) is 23.2 Å². The Morgan fingerprint density at radius 3 is 2.58 bits per heavy atom. The van der Waals surface area contributed by atoms with Gasteiger partial charge in [0.2, 0.25) is 0 Å². The maximum absolute atomic E-state index is 15.0. The van der Waals surface area contributed by atoms with E-state index in [1.54, 1.807) is 6.07 Å². The normalized spacial score (nSPS) is 26.9. The molecule has 3 nitrogen and oxygen atoms in total. The number of aliphatic carboxylic acids is 1. The van der Waals surface area contributed by atoms with Crippen LogP contribution in [0, 0.1) is 30.0 Å². The van der Waals surface area contributed by atoms with Crippen molar-refractivity contribution in [2.24, 2.45) is 17.3 Å². The second kappa shape index (κ2) is 8.97. The number of ether oxygens (including phenoxy) is 1. The molecule has 198 valence electrons. The van der Waals surface area contributed by atoms with Crippen LogP contribution in [0.5, 0.6) is 5.75 Å². The highest BCUT2D eigenvalue weighted by atomic mass is 19.1. The fourth-order valence-electron chi connectivity index (χ4n) is 7.78. The van der Waals surface area contributed by atoms with Crippen LogP contribution in [0.15, 0.2) is 54.6 Å². The summed E-state index contributed by atoms with van der Waals surface area (Å²) in [6.07, 6.45) is 5.29. The van der Waals surface area contributed by atoms with E-state index in [9.17, 15) is 9.90 Å². The van der Waals surface area contributed by atoms with E-state index in [4.69, 9.17) is 4.74 Å². The Morgan fingerprint density at radius 2 is 1.87 bits per heavy atom. The van der Waals surface area contributed by atoms with Gasteiger partial charge < -0.3 is 9.84 Å². The van der Waals surface area contributed by atoms with E-state index < -0.39 is 5.97 Å². The van der Waals surface area contributed by atoms with Gasteiger partial charge in [-0.25, -0.2) is 4.39 Å². The third kappa shape index (κ3) is 3.95. The van der Waals surface area contributed by atoms with Crippen molar-refractivity contribution in [1.29, 1.82) is 0 Å². The topological polar surface area (TPSA) is 46.5 Å². The molecule has 3 aliphatic carbocycles. The predicted octanol–water partition coefficient (Wildman–Crippen LogP) is 8.21. The van der Waals surface area contributed by atoms with Crippen molar-refractivity contribution in [1.82, 2.24) is 0 Å². The molecule has 1 spiro atoms. The molecule has 2 saturated carbocycles. The van der Waals surface area contributed by atoms with Crippen molar-refractivity contribution in [3.8, 4) is 16.9 Å². The lowest BCUT2D eigenvalue weighted by molar-refractivity contribution is -0.139. The van der Waals surface area contributed by atoms with Gasteiger partial charge in [-0.05, 0) is 102 Å². The highest BCUT2D eigenvalue weighted by Crippen LogP contribution is 2.66.